The number of nitrogens with zero attached hydrogens (tertiary/aromatic N) is 1. The van der Waals surface area contributed by atoms with Crippen LogP contribution in [0.15, 0.2) is 47.6 Å². The summed E-state index contributed by atoms with van der Waals surface area (Å²) in [5, 5.41) is 22.0. The largest absolute Gasteiger partial charge is 0.505 e. The van der Waals surface area contributed by atoms with E-state index in [1.807, 2.05) is 0 Å². The summed E-state index contributed by atoms with van der Waals surface area (Å²) in [7, 11) is 0. The first-order chi connectivity index (χ1) is 8.63. The van der Waals surface area contributed by atoms with Crippen LogP contribution >= 0.6 is 0 Å². The Morgan fingerprint density at radius 1 is 1.17 bits per heavy atom. The fourth-order valence-electron chi connectivity index (χ4n) is 1.67. The molecule has 0 aliphatic heterocycles. The maximum atomic E-state index is 10.9. The maximum absolute atomic E-state index is 10.9. The lowest BCUT2D eigenvalue weighted by Crippen LogP contribution is -1.95. The van der Waals surface area contributed by atoms with Crippen molar-refractivity contribution in [2.24, 2.45) is 5.11 Å². The van der Waals surface area contributed by atoms with Crippen molar-refractivity contribution < 1.29 is 15.0 Å². The van der Waals surface area contributed by atoms with Gasteiger partial charge >= 0.3 is 5.97 Å². The Labute approximate surface area is 103 Å². The van der Waals surface area contributed by atoms with Gasteiger partial charge < -0.3 is 10.2 Å². The number of benzene rings is 2. The molecule has 3 N–H and O–H groups in total. The highest BCUT2D eigenvalue weighted by atomic mass is 16.4. The second-order valence-electron chi connectivity index (χ2n) is 3.67. The molecule has 0 bridgehead atoms. The zero-order valence-electron chi connectivity index (χ0n) is 9.29. The average Bonchev–Trinajstić information content (AvgIpc) is 2.39. The van der Waals surface area contributed by atoms with Crippen LogP contribution in [-0.2, 0) is 0 Å². The smallest absolute Gasteiger partial charge is 0.335 e. The van der Waals surface area contributed by atoms with Gasteiger partial charge in [0.05, 0.1) is 5.56 Å². The number of para-hydroxylation sites is 1. The van der Waals surface area contributed by atoms with Crippen molar-refractivity contribution in [1.82, 2.24) is 0 Å². The third-order valence-corrected chi connectivity index (χ3v) is 2.56. The molecule has 0 atom stereocenters. The van der Waals surface area contributed by atoms with Gasteiger partial charge in [0.2, 0.25) is 0 Å². The van der Waals surface area contributed by atoms with Crippen molar-refractivity contribution in [2.75, 3.05) is 0 Å². The Kier molecular flexibility index (Phi) is 3.05. The van der Waals surface area contributed by atoms with E-state index >= 15 is 0 Å². The van der Waals surface area contributed by atoms with E-state index in [1.54, 1.807) is 24.3 Å². The summed E-state index contributed by atoms with van der Waals surface area (Å²) in [6.45, 7) is 0. The van der Waals surface area contributed by atoms with E-state index in [4.69, 9.17) is 10.6 Å². The minimum Gasteiger partial charge on any atom is -0.505 e. The molecule has 0 spiro atoms. The normalized spacial score (nSPS) is 10.0. The first-order valence-corrected chi connectivity index (χ1v) is 5.16. The van der Waals surface area contributed by atoms with Crippen molar-refractivity contribution in [2.45, 2.75) is 0 Å². The van der Waals surface area contributed by atoms with E-state index in [0.717, 1.165) is 0 Å². The Morgan fingerprint density at radius 2 is 1.89 bits per heavy atom. The standard InChI is InChI=1S/C13H10N2O3/c14-15-11-6-2-5-10(12(11)16)8-3-1-4-9(7-8)13(17)18/h1-7,14,16H,(H,17,18). The van der Waals surface area contributed by atoms with Crippen LogP contribution in [0.3, 0.4) is 0 Å². The molecule has 18 heavy (non-hydrogen) atoms. The molecule has 2 rings (SSSR count). The van der Waals surface area contributed by atoms with E-state index in [-0.39, 0.29) is 17.0 Å². The molecular formula is C13H10N2O3. The quantitative estimate of drug-likeness (QED) is 0.720. The summed E-state index contributed by atoms with van der Waals surface area (Å²) >= 11 is 0. The Bertz CT molecular complexity index is 623. The van der Waals surface area contributed by atoms with Crippen LogP contribution < -0.4 is 0 Å². The van der Waals surface area contributed by atoms with Crippen molar-refractivity contribution in [3.8, 4) is 16.9 Å². The fourth-order valence-corrected chi connectivity index (χ4v) is 1.67. The predicted octanol–water partition coefficient (Wildman–Crippen LogP) is 3.42. The maximum Gasteiger partial charge on any atom is 0.335 e. The molecule has 0 aliphatic carbocycles. The number of phenolic OH excluding ortho intramolecular Hbond substituents is 1. The summed E-state index contributed by atoms with van der Waals surface area (Å²) < 4.78 is 0. The van der Waals surface area contributed by atoms with Crippen LogP contribution in [-0.4, -0.2) is 16.2 Å². The number of aromatic hydroxyl groups is 1. The van der Waals surface area contributed by atoms with E-state index < -0.39 is 5.97 Å². The van der Waals surface area contributed by atoms with Gasteiger partial charge in [-0.05, 0) is 23.8 Å². The summed E-state index contributed by atoms with van der Waals surface area (Å²) in [6.07, 6.45) is 0. The molecule has 0 saturated heterocycles. The first-order valence-electron chi connectivity index (χ1n) is 5.16. The lowest BCUT2D eigenvalue weighted by atomic mass is 10.0. The average molecular weight is 242 g/mol. The summed E-state index contributed by atoms with van der Waals surface area (Å²) in [6, 6.07) is 11.0. The molecule has 0 radical (unpaired) electrons. The van der Waals surface area contributed by atoms with E-state index in [2.05, 4.69) is 5.11 Å². The minimum absolute atomic E-state index is 0.130. The van der Waals surface area contributed by atoms with Crippen LogP contribution in [0.1, 0.15) is 10.4 Å². The molecule has 5 nitrogen and oxygen atoms in total. The van der Waals surface area contributed by atoms with Crippen molar-refractivity contribution >= 4 is 11.7 Å². The molecule has 0 fully saturated rings. The number of carboxylic acid groups (broad SMARTS) is 1. The van der Waals surface area contributed by atoms with Crippen LogP contribution in [0, 0.1) is 5.53 Å². The molecule has 0 saturated carbocycles. The number of nitrogens with one attached hydrogen (secondary N) is 1. The number of carbonyl (C=O) groups is 1. The van der Waals surface area contributed by atoms with Crippen LogP contribution in [0.25, 0.3) is 11.1 Å². The highest BCUT2D eigenvalue weighted by Gasteiger charge is 2.10. The zero-order chi connectivity index (χ0) is 13.1. The Hall–Kier alpha value is -2.69. The molecule has 0 heterocycles. The molecule has 0 amide bonds. The molecule has 90 valence electrons. The molecule has 0 aliphatic rings. The van der Waals surface area contributed by atoms with Crippen molar-refractivity contribution in [3.05, 3.63) is 48.0 Å². The molecule has 0 aromatic heterocycles. The van der Waals surface area contributed by atoms with Crippen LogP contribution in [0.2, 0.25) is 0 Å². The van der Waals surface area contributed by atoms with Gasteiger partial charge in [0.1, 0.15) is 5.69 Å². The third kappa shape index (κ3) is 2.06. The number of hydrogen-bond acceptors (Lipinski definition) is 4. The molecular weight excluding hydrogens is 232 g/mol. The summed E-state index contributed by atoms with van der Waals surface area (Å²) in [4.78, 5) is 10.9. The zero-order valence-corrected chi connectivity index (χ0v) is 9.29. The van der Waals surface area contributed by atoms with Crippen molar-refractivity contribution in [3.63, 3.8) is 0 Å². The second kappa shape index (κ2) is 4.67. The predicted molar refractivity (Wildman–Crippen MR) is 65.3 cm³/mol. The highest BCUT2D eigenvalue weighted by Crippen LogP contribution is 2.37. The number of carboxylic acids is 1. The van der Waals surface area contributed by atoms with Crippen LogP contribution in [0.5, 0.6) is 5.75 Å². The van der Waals surface area contributed by atoms with Gasteiger partial charge in [-0.3, -0.25) is 0 Å². The molecule has 0 unspecified atom stereocenters. The Balaban J connectivity index is 2.58. The van der Waals surface area contributed by atoms with Gasteiger partial charge in [0, 0.05) is 5.56 Å². The summed E-state index contributed by atoms with van der Waals surface area (Å²) in [5.74, 6) is -1.16. The van der Waals surface area contributed by atoms with Gasteiger partial charge in [0.15, 0.2) is 5.75 Å². The lowest BCUT2D eigenvalue weighted by Gasteiger charge is -2.07. The summed E-state index contributed by atoms with van der Waals surface area (Å²) in [5.41, 5.74) is 8.23. The molecule has 2 aromatic rings. The number of phenols is 1. The lowest BCUT2D eigenvalue weighted by molar-refractivity contribution is 0.0697. The number of hydrogen-bond donors (Lipinski definition) is 3. The van der Waals surface area contributed by atoms with Gasteiger partial charge in [-0.1, -0.05) is 24.3 Å². The van der Waals surface area contributed by atoms with Crippen LogP contribution in [0.4, 0.5) is 5.69 Å². The third-order valence-electron chi connectivity index (χ3n) is 2.56. The number of aromatic carboxylic acids is 1. The van der Waals surface area contributed by atoms with Crippen molar-refractivity contribution in [1.29, 1.82) is 5.53 Å². The molecule has 2 aromatic carbocycles. The second-order valence-corrected chi connectivity index (χ2v) is 3.67. The number of rotatable bonds is 3. The SMILES string of the molecule is N=Nc1cccc(-c2cccc(C(=O)O)c2)c1O. The van der Waals surface area contributed by atoms with Gasteiger partial charge in [-0.25, -0.2) is 10.3 Å². The van der Waals surface area contributed by atoms with E-state index in [1.165, 1.54) is 18.2 Å². The minimum atomic E-state index is -1.03. The first kappa shape index (κ1) is 11.8. The topological polar surface area (TPSA) is 93.7 Å². The van der Waals surface area contributed by atoms with E-state index in [0.29, 0.717) is 11.1 Å². The van der Waals surface area contributed by atoms with Gasteiger partial charge in [0.25, 0.3) is 0 Å². The monoisotopic (exact) mass is 242 g/mol. The van der Waals surface area contributed by atoms with E-state index in [9.17, 15) is 9.90 Å². The van der Waals surface area contributed by atoms with Gasteiger partial charge in [-0.2, -0.15) is 5.11 Å². The fraction of sp³-hybridized carbons (Fsp3) is 0. The van der Waals surface area contributed by atoms with Gasteiger partial charge in [-0.15, -0.1) is 0 Å². The molecule has 5 heteroatoms. The Morgan fingerprint density at radius 3 is 2.56 bits per heavy atom. The highest BCUT2D eigenvalue weighted by molar-refractivity contribution is 5.90.